The van der Waals surface area contributed by atoms with Crippen LogP contribution in [0, 0.1) is 0 Å². The molecule has 0 atom stereocenters. The zero-order chi connectivity index (χ0) is 18.0. The molecule has 4 rings (SSSR count). The second-order valence-corrected chi connectivity index (χ2v) is 7.63. The Hall–Kier alpha value is -2.51. The first kappa shape index (κ1) is 16.9. The number of nitrogens with zero attached hydrogens (tertiary/aromatic N) is 4. The normalized spacial score (nSPS) is 17.2. The van der Waals surface area contributed by atoms with Gasteiger partial charge in [-0.15, -0.1) is 11.3 Å². The Kier molecular flexibility index (Phi) is 4.57. The molecule has 1 aliphatic heterocycles. The SMILES string of the molecule is Nc1ncc(CN2CCC(c3ccccc3)(c3csc(N)n3)CC2)cn1. The van der Waals surface area contributed by atoms with E-state index < -0.39 is 0 Å². The highest BCUT2D eigenvalue weighted by molar-refractivity contribution is 7.13. The third-order valence-electron chi connectivity index (χ3n) is 5.18. The second kappa shape index (κ2) is 7.01. The van der Waals surface area contributed by atoms with E-state index in [-0.39, 0.29) is 5.41 Å². The van der Waals surface area contributed by atoms with E-state index in [1.54, 1.807) is 0 Å². The third kappa shape index (κ3) is 3.27. The van der Waals surface area contributed by atoms with Crippen molar-refractivity contribution in [2.24, 2.45) is 0 Å². The molecule has 0 saturated carbocycles. The lowest BCUT2D eigenvalue weighted by molar-refractivity contribution is 0.170. The van der Waals surface area contributed by atoms with Crippen LogP contribution < -0.4 is 11.5 Å². The van der Waals surface area contributed by atoms with Crippen molar-refractivity contribution in [2.45, 2.75) is 24.8 Å². The summed E-state index contributed by atoms with van der Waals surface area (Å²) in [4.78, 5) is 15.3. The van der Waals surface area contributed by atoms with E-state index in [2.05, 4.69) is 55.6 Å². The van der Waals surface area contributed by atoms with E-state index in [9.17, 15) is 0 Å². The average Bonchev–Trinajstić information content (AvgIpc) is 3.12. The van der Waals surface area contributed by atoms with Gasteiger partial charge in [0.15, 0.2) is 5.13 Å². The lowest BCUT2D eigenvalue weighted by Crippen LogP contribution is -2.43. The maximum Gasteiger partial charge on any atom is 0.219 e. The summed E-state index contributed by atoms with van der Waals surface area (Å²) in [6, 6.07) is 10.7. The Morgan fingerprint density at radius 2 is 1.73 bits per heavy atom. The molecular weight excluding hydrogens is 344 g/mol. The van der Waals surface area contributed by atoms with Crippen molar-refractivity contribution < 1.29 is 0 Å². The van der Waals surface area contributed by atoms with Crippen LogP contribution in [-0.4, -0.2) is 32.9 Å². The number of hydrogen-bond acceptors (Lipinski definition) is 7. The number of aromatic nitrogens is 3. The fourth-order valence-electron chi connectivity index (χ4n) is 3.75. The smallest absolute Gasteiger partial charge is 0.219 e. The maximum absolute atomic E-state index is 5.94. The number of piperidine rings is 1. The van der Waals surface area contributed by atoms with Gasteiger partial charge < -0.3 is 11.5 Å². The summed E-state index contributed by atoms with van der Waals surface area (Å²) in [5.74, 6) is 0.316. The largest absolute Gasteiger partial charge is 0.375 e. The van der Waals surface area contributed by atoms with E-state index >= 15 is 0 Å². The van der Waals surface area contributed by atoms with Crippen molar-refractivity contribution in [1.29, 1.82) is 0 Å². The topological polar surface area (TPSA) is 94.0 Å². The molecule has 2 aromatic heterocycles. The summed E-state index contributed by atoms with van der Waals surface area (Å²) >= 11 is 1.52. The molecule has 1 fully saturated rings. The maximum atomic E-state index is 5.94. The van der Waals surface area contributed by atoms with Gasteiger partial charge in [-0.1, -0.05) is 30.3 Å². The Morgan fingerprint density at radius 1 is 1.04 bits per heavy atom. The molecule has 134 valence electrons. The number of thiazole rings is 1. The molecule has 0 amide bonds. The summed E-state index contributed by atoms with van der Waals surface area (Å²) < 4.78 is 0. The number of nitrogen functional groups attached to an aromatic ring is 2. The summed E-state index contributed by atoms with van der Waals surface area (Å²) in [6.45, 7) is 2.80. The van der Waals surface area contributed by atoms with Crippen LogP contribution in [0.25, 0.3) is 0 Å². The summed E-state index contributed by atoms with van der Waals surface area (Å²) in [5, 5.41) is 2.75. The molecule has 0 spiro atoms. The molecular formula is C19H22N6S. The number of nitrogens with two attached hydrogens (primary N) is 2. The first-order chi connectivity index (χ1) is 12.7. The first-order valence-electron chi connectivity index (χ1n) is 8.71. The predicted molar refractivity (Wildman–Crippen MR) is 105 cm³/mol. The molecule has 7 heteroatoms. The molecule has 0 bridgehead atoms. The zero-order valence-electron chi connectivity index (χ0n) is 14.5. The van der Waals surface area contributed by atoms with Crippen molar-refractivity contribution in [3.05, 3.63) is 64.9 Å². The minimum absolute atomic E-state index is 0.0660. The fourth-order valence-corrected chi connectivity index (χ4v) is 4.42. The molecule has 3 heterocycles. The summed E-state index contributed by atoms with van der Waals surface area (Å²) in [7, 11) is 0. The van der Waals surface area contributed by atoms with Gasteiger partial charge >= 0.3 is 0 Å². The van der Waals surface area contributed by atoms with Crippen molar-refractivity contribution in [2.75, 3.05) is 24.6 Å². The molecule has 0 radical (unpaired) electrons. The number of anilines is 2. The van der Waals surface area contributed by atoms with E-state index in [0.717, 1.165) is 43.7 Å². The Bertz CT molecular complexity index is 853. The second-order valence-electron chi connectivity index (χ2n) is 6.74. The minimum atomic E-state index is -0.0660. The van der Waals surface area contributed by atoms with Gasteiger partial charge in [0.1, 0.15) is 0 Å². The minimum Gasteiger partial charge on any atom is -0.375 e. The van der Waals surface area contributed by atoms with Gasteiger partial charge in [-0.05, 0) is 31.5 Å². The monoisotopic (exact) mass is 366 g/mol. The van der Waals surface area contributed by atoms with Crippen LogP contribution in [0.4, 0.5) is 11.1 Å². The van der Waals surface area contributed by atoms with Crippen molar-refractivity contribution in [1.82, 2.24) is 19.9 Å². The van der Waals surface area contributed by atoms with Crippen LogP contribution >= 0.6 is 11.3 Å². The van der Waals surface area contributed by atoms with Gasteiger partial charge in [-0.2, -0.15) is 0 Å². The molecule has 3 aromatic rings. The third-order valence-corrected chi connectivity index (χ3v) is 5.85. The molecule has 26 heavy (non-hydrogen) atoms. The van der Waals surface area contributed by atoms with Gasteiger partial charge in [0.25, 0.3) is 0 Å². The zero-order valence-corrected chi connectivity index (χ0v) is 15.3. The van der Waals surface area contributed by atoms with E-state index in [1.165, 1.54) is 16.9 Å². The standard InChI is InChI=1S/C19H22N6S/c20-17-22-10-14(11-23-17)12-25-8-6-19(7-9-25,15-4-2-1-3-5-15)16-13-26-18(21)24-16/h1-5,10-11,13H,6-9,12H2,(H2,21,24)(H2,20,22,23). The van der Waals surface area contributed by atoms with Gasteiger partial charge in [0, 0.05) is 35.3 Å². The van der Waals surface area contributed by atoms with Crippen molar-refractivity contribution in [3.63, 3.8) is 0 Å². The summed E-state index contributed by atoms with van der Waals surface area (Å²) in [5.41, 5.74) is 15.0. The highest BCUT2D eigenvalue weighted by Gasteiger charge is 2.39. The van der Waals surface area contributed by atoms with Crippen LogP contribution in [0.2, 0.25) is 0 Å². The fraction of sp³-hybridized carbons (Fsp3) is 0.316. The number of rotatable bonds is 4. The molecule has 1 aromatic carbocycles. The molecule has 6 nitrogen and oxygen atoms in total. The molecule has 4 N–H and O–H groups in total. The number of benzene rings is 1. The predicted octanol–water partition coefficient (Wildman–Crippen LogP) is 2.68. The molecule has 1 aliphatic rings. The quantitative estimate of drug-likeness (QED) is 0.737. The van der Waals surface area contributed by atoms with E-state index in [0.29, 0.717) is 11.1 Å². The average molecular weight is 366 g/mol. The number of likely N-dealkylation sites (tertiary alicyclic amines) is 1. The van der Waals surface area contributed by atoms with Crippen molar-refractivity contribution >= 4 is 22.4 Å². The Balaban J connectivity index is 1.55. The molecule has 1 saturated heterocycles. The Morgan fingerprint density at radius 3 is 2.35 bits per heavy atom. The van der Waals surface area contributed by atoms with Crippen molar-refractivity contribution in [3.8, 4) is 0 Å². The highest BCUT2D eigenvalue weighted by atomic mass is 32.1. The van der Waals surface area contributed by atoms with Gasteiger partial charge in [-0.25, -0.2) is 15.0 Å². The first-order valence-corrected chi connectivity index (χ1v) is 9.59. The van der Waals surface area contributed by atoms with Crippen LogP contribution in [0.15, 0.2) is 48.1 Å². The summed E-state index contributed by atoms with van der Waals surface area (Å²) in [6.07, 6.45) is 5.64. The Labute approximate surface area is 156 Å². The van der Waals surface area contributed by atoms with Crippen LogP contribution in [-0.2, 0) is 12.0 Å². The molecule has 0 unspecified atom stereocenters. The van der Waals surface area contributed by atoms with Gasteiger partial charge in [-0.3, -0.25) is 4.90 Å². The number of hydrogen-bond donors (Lipinski definition) is 2. The highest BCUT2D eigenvalue weighted by Crippen LogP contribution is 2.42. The van der Waals surface area contributed by atoms with E-state index in [1.807, 2.05) is 12.4 Å². The van der Waals surface area contributed by atoms with Crippen LogP contribution in [0.3, 0.4) is 0 Å². The lowest BCUT2D eigenvalue weighted by atomic mass is 9.70. The van der Waals surface area contributed by atoms with E-state index in [4.69, 9.17) is 11.5 Å². The van der Waals surface area contributed by atoms with Crippen LogP contribution in [0.5, 0.6) is 0 Å². The van der Waals surface area contributed by atoms with Gasteiger partial charge in [0.2, 0.25) is 5.95 Å². The molecule has 0 aliphatic carbocycles. The lowest BCUT2D eigenvalue weighted by Gasteiger charge is -2.41. The van der Waals surface area contributed by atoms with Gasteiger partial charge in [0.05, 0.1) is 5.69 Å². The van der Waals surface area contributed by atoms with Crippen LogP contribution in [0.1, 0.15) is 29.7 Å².